The van der Waals surface area contributed by atoms with E-state index < -0.39 is 0 Å². The number of hydrogen-bond acceptors (Lipinski definition) is 3. The van der Waals surface area contributed by atoms with Crippen LogP contribution in [-0.4, -0.2) is 20.3 Å². The van der Waals surface area contributed by atoms with Gasteiger partial charge in [-0.25, -0.2) is 0 Å². The van der Waals surface area contributed by atoms with E-state index in [9.17, 15) is 0 Å². The summed E-state index contributed by atoms with van der Waals surface area (Å²) in [5.41, 5.74) is 1.01. The maximum absolute atomic E-state index is 6.04. The van der Waals surface area contributed by atoms with Gasteiger partial charge in [0.1, 0.15) is 0 Å². The summed E-state index contributed by atoms with van der Waals surface area (Å²) in [7, 11) is 3.25. The minimum atomic E-state index is 0.463. The normalized spacial score (nSPS) is 12.3. The first kappa shape index (κ1) is 14.1. The molecule has 0 saturated heterocycles. The SMILES string of the molecule is CC[C@H](C)NCc1cc(Cl)cc(OC)c1OC. The van der Waals surface area contributed by atoms with Crippen LogP contribution < -0.4 is 14.8 Å². The molecular formula is C13H20ClNO2. The zero-order valence-electron chi connectivity index (χ0n) is 10.8. The summed E-state index contributed by atoms with van der Waals surface area (Å²) >= 11 is 6.04. The molecule has 17 heavy (non-hydrogen) atoms. The zero-order valence-corrected chi connectivity index (χ0v) is 11.6. The Morgan fingerprint density at radius 1 is 1.29 bits per heavy atom. The molecule has 0 aliphatic rings. The van der Waals surface area contributed by atoms with E-state index in [1.165, 1.54) is 0 Å². The number of methoxy groups -OCH3 is 2. The molecule has 1 rings (SSSR count). The molecule has 0 bridgehead atoms. The van der Waals surface area contributed by atoms with E-state index in [4.69, 9.17) is 21.1 Å². The van der Waals surface area contributed by atoms with Crippen molar-refractivity contribution in [3.05, 3.63) is 22.7 Å². The summed E-state index contributed by atoms with van der Waals surface area (Å²) in [4.78, 5) is 0. The van der Waals surface area contributed by atoms with Gasteiger partial charge in [0, 0.05) is 29.2 Å². The lowest BCUT2D eigenvalue weighted by molar-refractivity contribution is 0.350. The highest BCUT2D eigenvalue weighted by molar-refractivity contribution is 6.30. The first-order valence-corrected chi connectivity index (χ1v) is 6.13. The molecule has 1 atom stereocenters. The highest BCUT2D eigenvalue weighted by Crippen LogP contribution is 2.34. The Kier molecular flexibility index (Phi) is 5.59. The Balaban J connectivity index is 2.92. The van der Waals surface area contributed by atoms with Crippen molar-refractivity contribution in [3.63, 3.8) is 0 Å². The van der Waals surface area contributed by atoms with Crippen molar-refractivity contribution in [2.75, 3.05) is 14.2 Å². The Bertz CT molecular complexity index is 369. The number of rotatable bonds is 6. The number of nitrogens with one attached hydrogen (secondary N) is 1. The molecule has 0 radical (unpaired) electrons. The summed E-state index contributed by atoms with van der Waals surface area (Å²) in [5.74, 6) is 1.41. The first-order valence-electron chi connectivity index (χ1n) is 5.76. The van der Waals surface area contributed by atoms with Gasteiger partial charge in [0.2, 0.25) is 0 Å². The Morgan fingerprint density at radius 2 is 2.00 bits per heavy atom. The van der Waals surface area contributed by atoms with Crippen LogP contribution in [0.15, 0.2) is 12.1 Å². The summed E-state index contributed by atoms with van der Waals surface area (Å²) < 4.78 is 10.6. The predicted molar refractivity (Wildman–Crippen MR) is 71.1 cm³/mol. The molecule has 1 aromatic carbocycles. The highest BCUT2D eigenvalue weighted by Gasteiger charge is 2.12. The molecule has 0 unspecified atom stereocenters. The number of halogens is 1. The quantitative estimate of drug-likeness (QED) is 0.849. The van der Waals surface area contributed by atoms with Crippen LogP contribution in [0, 0.1) is 0 Å². The van der Waals surface area contributed by atoms with Crippen LogP contribution in [0.2, 0.25) is 5.02 Å². The standard InChI is InChI=1S/C13H20ClNO2/c1-5-9(2)15-8-10-6-11(14)7-12(16-3)13(10)17-4/h6-7,9,15H,5,8H2,1-4H3/t9-/m0/s1. The van der Waals surface area contributed by atoms with E-state index >= 15 is 0 Å². The van der Waals surface area contributed by atoms with Gasteiger partial charge in [-0.05, 0) is 19.4 Å². The van der Waals surface area contributed by atoms with Gasteiger partial charge in [-0.3, -0.25) is 0 Å². The van der Waals surface area contributed by atoms with Gasteiger partial charge in [0.15, 0.2) is 11.5 Å². The summed E-state index contributed by atoms with van der Waals surface area (Å²) in [6, 6.07) is 4.12. The number of ether oxygens (including phenoxy) is 2. The Labute approximate surface area is 108 Å². The van der Waals surface area contributed by atoms with E-state index in [0.717, 1.165) is 24.3 Å². The first-order chi connectivity index (χ1) is 8.12. The van der Waals surface area contributed by atoms with Gasteiger partial charge in [-0.2, -0.15) is 0 Å². The second kappa shape index (κ2) is 6.72. The lowest BCUT2D eigenvalue weighted by Crippen LogP contribution is -2.24. The maximum Gasteiger partial charge on any atom is 0.165 e. The van der Waals surface area contributed by atoms with Crippen molar-refractivity contribution in [2.24, 2.45) is 0 Å². The molecular weight excluding hydrogens is 238 g/mol. The molecule has 0 heterocycles. The van der Waals surface area contributed by atoms with Gasteiger partial charge in [0.25, 0.3) is 0 Å². The predicted octanol–water partition coefficient (Wildman–Crippen LogP) is 3.25. The van der Waals surface area contributed by atoms with Crippen LogP contribution in [0.4, 0.5) is 0 Å². The van der Waals surface area contributed by atoms with E-state index in [0.29, 0.717) is 16.8 Å². The minimum Gasteiger partial charge on any atom is -0.493 e. The molecule has 4 heteroatoms. The molecule has 0 aromatic heterocycles. The molecule has 0 aliphatic heterocycles. The van der Waals surface area contributed by atoms with Crippen LogP contribution in [0.1, 0.15) is 25.8 Å². The molecule has 1 N–H and O–H groups in total. The molecule has 96 valence electrons. The van der Waals surface area contributed by atoms with Crippen molar-refractivity contribution in [1.29, 1.82) is 0 Å². The topological polar surface area (TPSA) is 30.5 Å². The summed E-state index contributed by atoms with van der Waals surface area (Å²) in [6.45, 7) is 5.01. The van der Waals surface area contributed by atoms with Gasteiger partial charge in [-0.15, -0.1) is 0 Å². The van der Waals surface area contributed by atoms with E-state index in [1.54, 1.807) is 20.3 Å². The third kappa shape index (κ3) is 3.79. The van der Waals surface area contributed by atoms with Crippen LogP contribution in [-0.2, 0) is 6.54 Å². The van der Waals surface area contributed by atoms with Gasteiger partial charge >= 0.3 is 0 Å². The Morgan fingerprint density at radius 3 is 2.53 bits per heavy atom. The van der Waals surface area contributed by atoms with Crippen molar-refractivity contribution in [3.8, 4) is 11.5 Å². The fraction of sp³-hybridized carbons (Fsp3) is 0.538. The van der Waals surface area contributed by atoms with Crippen LogP contribution in [0.5, 0.6) is 11.5 Å². The second-order valence-corrected chi connectivity index (χ2v) is 4.43. The smallest absolute Gasteiger partial charge is 0.165 e. The molecule has 0 amide bonds. The van der Waals surface area contributed by atoms with Crippen LogP contribution >= 0.6 is 11.6 Å². The van der Waals surface area contributed by atoms with E-state index in [-0.39, 0.29) is 0 Å². The molecule has 0 spiro atoms. The number of benzene rings is 1. The molecule has 0 saturated carbocycles. The number of hydrogen-bond donors (Lipinski definition) is 1. The van der Waals surface area contributed by atoms with Crippen LogP contribution in [0.25, 0.3) is 0 Å². The summed E-state index contributed by atoms with van der Waals surface area (Å²) in [5, 5.41) is 4.06. The average Bonchev–Trinajstić information content (AvgIpc) is 2.34. The van der Waals surface area contributed by atoms with Crippen molar-refractivity contribution in [2.45, 2.75) is 32.9 Å². The van der Waals surface area contributed by atoms with Gasteiger partial charge in [-0.1, -0.05) is 18.5 Å². The fourth-order valence-electron chi connectivity index (χ4n) is 1.57. The van der Waals surface area contributed by atoms with Crippen molar-refractivity contribution >= 4 is 11.6 Å². The van der Waals surface area contributed by atoms with Gasteiger partial charge < -0.3 is 14.8 Å². The molecule has 3 nitrogen and oxygen atoms in total. The highest BCUT2D eigenvalue weighted by atomic mass is 35.5. The van der Waals surface area contributed by atoms with E-state index in [2.05, 4.69) is 19.2 Å². The largest absolute Gasteiger partial charge is 0.493 e. The fourth-order valence-corrected chi connectivity index (χ4v) is 1.80. The molecule has 0 aliphatic carbocycles. The lowest BCUT2D eigenvalue weighted by Gasteiger charge is -2.16. The summed E-state index contributed by atoms with van der Waals surface area (Å²) in [6.07, 6.45) is 1.08. The van der Waals surface area contributed by atoms with Gasteiger partial charge in [0.05, 0.1) is 14.2 Å². The average molecular weight is 258 g/mol. The maximum atomic E-state index is 6.04. The molecule has 0 fully saturated rings. The van der Waals surface area contributed by atoms with Crippen molar-refractivity contribution in [1.82, 2.24) is 5.32 Å². The minimum absolute atomic E-state index is 0.463. The molecule has 1 aromatic rings. The second-order valence-electron chi connectivity index (χ2n) is 3.99. The van der Waals surface area contributed by atoms with E-state index in [1.807, 2.05) is 6.07 Å². The zero-order chi connectivity index (χ0) is 12.8. The third-order valence-corrected chi connectivity index (χ3v) is 2.99. The Hall–Kier alpha value is -0.930. The lowest BCUT2D eigenvalue weighted by atomic mass is 10.1. The third-order valence-electron chi connectivity index (χ3n) is 2.77. The van der Waals surface area contributed by atoms with Crippen LogP contribution in [0.3, 0.4) is 0 Å². The van der Waals surface area contributed by atoms with Crippen molar-refractivity contribution < 1.29 is 9.47 Å². The monoisotopic (exact) mass is 257 g/mol.